The lowest BCUT2D eigenvalue weighted by molar-refractivity contribution is 0.200. The summed E-state index contributed by atoms with van der Waals surface area (Å²) in [5.74, 6) is 1.73. The lowest BCUT2D eigenvalue weighted by Crippen LogP contribution is -2.55. The number of aromatic nitrogens is 4. The number of methoxy groups -OCH3 is 1. The van der Waals surface area contributed by atoms with Crippen molar-refractivity contribution in [3.63, 3.8) is 0 Å². The number of nitrogens with two attached hydrogens (primary N) is 1. The number of benzene rings is 1. The molecule has 0 aliphatic carbocycles. The van der Waals surface area contributed by atoms with Crippen molar-refractivity contribution in [2.45, 2.75) is 19.9 Å². The van der Waals surface area contributed by atoms with Gasteiger partial charge in [-0.05, 0) is 37.6 Å². The molecule has 10 nitrogen and oxygen atoms in total. The van der Waals surface area contributed by atoms with E-state index < -0.39 is 0 Å². The molecular formula is C20H26N8O2. The van der Waals surface area contributed by atoms with Gasteiger partial charge in [0.2, 0.25) is 5.95 Å². The normalized spacial score (nSPS) is 16.7. The Morgan fingerprint density at radius 1 is 1.30 bits per heavy atom. The Morgan fingerprint density at radius 3 is 2.80 bits per heavy atom. The smallest absolute Gasteiger partial charge is 0.321 e. The summed E-state index contributed by atoms with van der Waals surface area (Å²) in [5, 5.41) is 8.13. The Kier molecular flexibility index (Phi) is 5.06. The van der Waals surface area contributed by atoms with Gasteiger partial charge in [-0.15, -0.1) is 0 Å². The number of nitrogen functional groups attached to an aromatic ring is 1. The van der Waals surface area contributed by atoms with E-state index in [4.69, 9.17) is 10.5 Å². The number of nitrogens with one attached hydrogen (secondary N) is 1. The zero-order valence-corrected chi connectivity index (χ0v) is 17.6. The molecule has 4 rings (SSSR count). The van der Waals surface area contributed by atoms with Gasteiger partial charge in [-0.25, -0.2) is 4.79 Å². The van der Waals surface area contributed by atoms with Crippen molar-refractivity contribution < 1.29 is 9.53 Å². The third kappa shape index (κ3) is 3.56. The predicted molar refractivity (Wildman–Crippen MR) is 116 cm³/mol. The summed E-state index contributed by atoms with van der Waals surface area (Å²) in [7, 11) is 3.45. The second-order valence-electron chi connectivity index (χ2n) is 7.51. The highest BCUT2D eigenvalue weighted by Crippen LogP contribution is 2.28. The molecule has 2 amide bonds. The minimum absolute atomic E-state index is 0.0548. The van der Waals surface area contributed by atoms with Crippen molar-refractivity contribution in [3.05, 3.63) is 30.0 Å². The summed E-state index contributed by atoms with van der Waals surface area (Å²) in [6.07, 6.45) is 1.75. The van der Waals surface area contributed by atoms with Gasteiger partial charge in [-0.3, -0.25) is 4.68 Å². The number of nitrogens with zero attached hydrogens (tertiary/aromatic N) is 6. The van der Waals surface area contributed by atoms with Crippen LogP contribution in [0.4, 0.5) is 22.2 Å². The molecule has 3 aromatic rings. The van der Waals surface area contributed by atoms with E-state index in [1.807, 2.05) is 37.1 Å². The van der Waals surface area contributed by atoms with Crippen LogP contribution >= 0.6 is 0 Å². The minimum Gasteiger partial charge on any atom is -0.497 e. The summed E-state index contributed by atoms with van der Waals surface area (Å²) in [4.78, 5) is 25.6. The van der Waals surface area contributed by atoms with Crippen molar-refractivity contribution in [1.29, 1.82) is 0 Å². The lowest BCUT2D eigenvalue weighted by atomic mass is 10.1. The molecule has 1 saturated heterocycles. The third-order valence-electron chi connectivity index (χ3n) is 5.45. The van der Waals surface area contributed by atoms with Gasteiger partial charge in [-0.2, -0.15) is 15.1 Å². The van der Waals surface area contributed by atoms with E-state index in [-0.39, 0.29) is 18.0 Å². The fourth-order valence-electron chi connectivity index (χ4n) is 3.80. The van der Waals surface area contributed by atoms with Crippen LogP contribution in [0.1, 0.15) is 12.5 Å². The van der Waals surface area contributed by atoms with Gasteiger partial charge in [0.1, 0.15) is 11.6 Å². The standard InChI is InChI=1S/C20H26N8O2/c1-12-9-14(30-4)5-6-16(12)23-20(29)27-7-8-28(13(2)11-27)18-15-10-22-26(3)17(15)24-19(21)25-18/h5-6,9-10,13H,7-8,11H2,1-4H3,(H,23,29)(H2,21,24,25). The highest BCUT2D eigenvalue weighted by molar-refractivity contribution is 5.91. The van der Waals surface area contributed by atoms with Gasteiger partial charge in [0, 0.05) is 38.4 Å². The molecule has 2 aromatic heterocycles. The molecule has 10 heteroatoms. The molecule has 0 radical (unpaired) electrons. The fraction of sp³-hybridized carbons (Fsp3) is 0.400. The van der Waals surface area contributed by atoms with Gasteiger partial charge in [0.25, 0.3) is 0 Å². The maximum atomic E-state index is 12.8. The number of anilines is 3. The number of urea groups is 1. The topological polar surface area (TPSA) is 114 Å². The zero-order chi connectivity index (χ0) is 21.4. The van der Waals surface area contributed by atoms with E-state index in [9.17, 15) is 4.79 Å². The van der Waals surface area contributed by atoms with Crippen molar-refractivity contribution in [2.24, 2.45) is 7.05 Å². The number of carbonyl (C=O) groups is 1. The van der Waals surface area contributed by atoms with Crippen LogP contribution in [0.25, 0.3) is 11.0 Å². The zero-order valence-electron chi connectivity index (χ0n) is 17.6. The molecule has 1 atom stereocenters. The maximum Gasteiger partial charge on any atom is 0.321 e. The van der Waals surface area contributed by atoms with Crippen LogP contribution in [0.3, 0.4) is 0 Å². The molecule has 0 spiro atoms. The number of carbonyl (C=O) groups excluding carboxylic acids is 1. The molecule has 0 saturated carbocycles. The highest BCUT2D eigenvalue weighted by Gasteiger charge is 2.29. The van der Waals surface area contributed by atoms with Crippen molar-refractivity contribution >= 4 is 34.5 Å². The summed E-state index contributed by atoms with van der Waals surface area (Å²) in [5.41, 5.74) is 8.35. The molecular weight excluding hydrogens is 384 g/mol. The second kappa shape index (κ2) is 7.69. The molecule has 3 N–H and O–H groups in total. The summed E-state index contributed by atoms with van der Waals surface area (Å²) in [6, 6.07) is 5.52. The van der Waals surface area contributed by atoms with E-state index in [0.717, 1.165) is 28.2 Å². The number of rotatable bonds is 3. The van der Waals surface area contributed by atoms with E-state index in [2.05, 4.69) is 32.2 Å². The van der Waals surface area contributed by atoms with Crippen LogP contribution in [0.5, 0.6) is 5.75 Å². The molecule has 0 bridgehead atoms. The number of amides is 2. The molecule has 1 aliphatic rings. The van der Waals surface area contributed by atoms with Crippen LogP contribution < -0.4 is 20.7 Å². The van der Waals surface area contributed by atoms with Crippen LogP contribution in [0.2, 0.25) is 0 Å². The van der Waals surface area contributed by atoms with E-state index in [0.29, 0.717) is 25.3 Å². The van der Waals surface area contributed by atoms with Gasteiger partial charge >= 0.3 is 6.03 Å². The van der Waals surface area contributed by atoms with E-state index in [1.54, 1.807) is 18.0 Å². The first-order chi connectivity index (χ1) is 14.4. The van der Waals surface area contributed by atoms with Crippen molar-refractivity contribution in [3.8, 4) is 5.75 Å². The van der Waals surface area contributed by atoms with Crippen LogP contribution in [-0.4, -0.2) is 63.5 Å². The number of fused-ring (bicyclic) bond motifs is 1. The van der Waals surface area contributed by atoms with E-state index in [1.165, 1.54) is 0 Å². The number of hydrogen-bond donors (Lipinski definition) is 2. The predicted octanol–water partition coefficient (Wildman–Crippen LogP) is 2.01. The molecule has 1 fully saturated rings. The monoisotopic (exact) mass is 410 g/mol. The SMILES string of the molecule is COc1ccc(NC(=O)N2CCN(c3nc(N)nc4c3cnn4C)C(C)C2)c(C)c1. The van der Waals surface area contributed by atoms with Crippen molar-refractivity contribution in [1.82, 2.24) is 24.6 Å². The Balaban J connectivity index is 1.49. The lowest BCUT2D eigenvalue weighted by Gasteiger charge is -2.40. The van der Waals surface area contributed by atoms with Gasteiger partial charge < -0.3 is 25.6 Å². The Labute approximate surface area is 174 Å². The number of aryl methyl sites for hydroxylation is 2. The Hall–Kier alpha value is -3.56. The number of hydrogen-bond acceptors (Lipinski definition) is 7. The first-order valence-corrected chi connectivity index (χ1v) is 9.80. The summed E-state index contributed by atoms with van der Waals surface area (Å²) >= 11 is 0. The van der Waals surface area contributed by atoms with E-state index >= 15 is 0 Å². The largest absolute Gasteiger partial charge is 0.497 e. The molecule has 3 heterocycles. The highest BCUT2D eigenvalue weighted by atomic mass is 16.5. The Bertz CT molecular complexity index is 1100. The average Bonchev–Trinajstić information content (AvgIpc) is 3.09. The number of ether oxygens (including phenoxy) is 1. The quantitative estimate of drug-likeness (QED) is 0.679. The first kappa shape index (κ1) is 19.7. The Morgan fingerprint density at radius 2 is 2.10 bits per heavy atom. The van der Waals surface area contributed by atoms with Crippen molar-refractivity contribution in [2.75, 3.05) is 42.7 Å². The van der Waals surface area contributed by atoms with Gasteiger partial charge in [0.05, 0.1) is 18.7 Å². The van der Waals surface area contributed by atoms with Crippen LogP contribution in [0, 0.1) is 6.92 Å². The first-order valence-electron chi connectivity index (χ1n) is 9.80. The molecule has 1 unspecified atom stereocenters. The second-order valence-corrected chi connectivity index (χ2v) is 7.51. The van der Waals surface area contributed by atoms with Gasteiger partial charge in [0.15, 0.2) is 5.65 Å². The third-order valence-corrected chi connectivity index (χ3v) is 5.45. The summed E-state index contributed by atoms with van der Waals surface area (Å²) < 4.78 is 6.91. The molecule has 1 aromatic carbocycles. The molecule has 30 heavy (non-hydrogen) atoms. The minimum atomic E-state index is -0.122. The number of piperazine rings is 1. The molecule has 158 valence electrons. The van der Waals surface area contributed by atoms with Gasteiger partial charge in [-0.1, -0.05) is 0 Å². The summed E-state index contributed by atoms with van der Waals surface area (Å²) in [6.45, 7) is 5.77. The molecule has 1 aliphatic heterocycles. The fourth-order valence-corrected chi connectivity index (χ4v) is 3.80. The van der Waals surface area contributed by atoms with Crippen LogP contribution in [-0.2, 0) is 7.05 Å². The average molecular weight is 410 g/mol. The maximum absolute atomic E-state index is 12.8. The van der Waals surface area contributed by atoms with Crippen LogP contribution in [0.15, 0.2) is 24.4 Å².